The minimum atomic E-state index is 0. The maximum absolute atomic E-state index is 8.92. The fourth-order valence-electron chi connectivity index (χ4n) is 1.88. The number of pyridine rings is 1. The molecule has 0 saturated carbocycles. The van der Waals surface area contributed by atoms with Gasteiger partial charge in [-0.15, -0.1) is 0 Å². The van der Waals surface area contributed by atoms with Gasteiger partial charge in [-0.2, -0.15) is 5.26 Å². The summed E-state index contributed by atoms with van der Waals surface area (Å²) in [5, 5.41) is 16.0. The molecule has 4 N–H and O–H groups in total. The van der Waals surface area contributed by atoms with Crippen molar-refractivity contribution in [1.29, 1.82) is 5.26 Å². The summed E-state index contributed by atoms with van der Waals surface area (Å²) < 4.78 is 1.74. The van der Waals surface area contributed by atoms with Crippen molar-refractivity contribution >= 4 is 5.69 Å². The molecule has 0 aliphatic heterocycles. The van der Waals surface area contributed by atoms with Crippen molar-refractivity contribution in [3.05, 3.63) is 54.4 Å². The number of benzene rings is 1. The molecule has 0 spiro atoms. The van der Waals surface area contributed by atoms with Crippen LogP contribution in [0.5, 0.6) is 0 Å². The molecule has 7 heteroatoms. The molecular weight excluding hydrogens is 288 g/mol. The number of aromatic amines is 2. The second-order valence-electron chi connectivity index (χ2n) is 4.30. The number of halogens is 1. The van der Waals surface area contributed by atoms with E-state index in [1.807, 2.05) is 24.4 Å². The SMILES string of the molecule is N#Cc1cccc(-c2c[n+](-c3ccc(N)c[nH+]3)[nH]n2)c1.[Cl-]. The Labute approximate surface area is 127 Å². The first-order valence-electron chi connectivity index (χ1n) is 6.01. The van der Waals surface area contributed by atoms with Crippen LogP contribution < -0.4 is 27.8 Å². The van der Waals surface area contributed by atoms with Gasteiger partial charge in [0.15, 0.2) is 0 Å². The van der Waals surface area contributed by atoms with Crippen LogP contribution in [0.15, 0.2) is 48.8 Å². The van der Waals surface area contributed by atoms with E-state index in [2.05, 4.69) is 21.4 Å². The molecule has 0 aliphatic carbocycles. The largest absolute Gasteiger partial charge is 1.00 e. The molecular formula is C14H12ClN6+. The van der Waals surface area contributed by atoms with E-state index in [-0.39, 0.29) is 12.4 Å². The highest BCUT2D eigenvalue weighted by Crippen LogP contribution is 2.16. The van der Waals surface area contributed by atoms with Gasteiger partial charge in [-0.25, -0.2) is 4.98 Å². The average molecular weight is 300 g/mol. The second-order valence-corrected chi connectivity index (χ2v) is 4.30. The number of nitrogens with zero attached hydrogens (tertiary/aromatic N) is 3. The lowest BCUT2D eigenvalue weighted by molar-refractivity contribution is -0.721. The molecule has 0 amide bonds. The van der Waals surface area contributed by atoms with Crippen molar-refractivity contribution in [2.24, 2.45) is 0 Å². The van der Waals surface area contributed by atoms with Crippen LogP contribution in [0.1, 0.15) is 5.56 Å². The molecule has 3 aromatic rings. The molecule has 0 fully saturated rings. The molecule has 21 heavy (non-hydrogen) atoms. The lowest BCUT2D eigenvalue weighted by Gasteiger charge is -1.90. The van der Waals surface area contributed by atoms with Crippen LogP contribution in [0.25, 0.3) is 17.1 Å². The van der Waals surface area contributed by atoms with E-state index in [4.69, 9.17) is 11.0 Å². The predicted octanol–water partition coefficient (Wildman–Crippen LogP) is -2.37. The maximum Gasteiger partial charge on any atom is 0.363 e. The van der Waals surface area contributed by atoms with Gasteiger partial charge in [0.2, 0.25) is 6.20 Å². The van der Waals surface area contributed by atoms with E-state index in [9.17, 15) is 0 Å². The topological polar surface area (TPSA) is 96.5 Å². The number of anilines is 1. The number of nitrogens with one attached hydrogen (secondary N) is 2. The summed E-state index contributed by atoms with van der Waals surface area (Å²) in [6, 6.07) is 13.1. The Hall–Kier alpha value is -2.91. The monoisotopic (exact) mass is 299 g/mol. The van der Waals surface area contributed by atoms with Crippen molar-refractivity contribution in [2.45, 2.75) is 0 Å². The molecule has 3 rings (SSSR count). The number of aromatic nitrogens is 4. The fraction of sp³-hybridized carbons (Fsp3) is 0. The van der Waals surface area contributed by atoms with Crippen LogP contribution in [0.2, 0.25) is 0 Å². The van der Waals surface area contributed by atoms with E-state index >= 15 is 0 Å². The Bertz CT molecular complexity index is 788. The molecule has 2 heterocycles. The van der Waals surface area contributed by atoms with Gasteiger partial charge in [0, 0.05) is 10.8 Å². The van der Waals surface area contributed by atoms with Crippen molar-refractivity contribution in [3.63, 3.8) is 0 Å². The molecule has 0 bridgehead atoms. The number of nitrogens with two attached hydrogens (primary N) is 1. The quantitative estimate of drug-likeness (QED) is 0.517. The molecule has 0 atom stereocenters. The summed E-state index contributed by atoms with van der Waals surface area (Å²) in [6.45, 7) is 0. The Morgan fingerprint density at radius 3 is 2.86 bits per heavy atom. The van der Waals surface area contributed by atoms with Gasteiger partial charge in [-0.3, -0.25) is 0 Å². The molecule has 1 aromatic carbocycles. The lowest BCUT2D eigenvalue weighted by atomic mass is 10.1. The van der Waals surface area contributed by atoms with Crippen molar-refractivity contribution in [2.75, 3.05) is 5.73 Å². The summed E-state index contributed by atoms with van der Waals surface area (Å²) >= 11 is 0. The average Bonchev–Trinajstić information content (AvgIpc) is 2.98. The summed E-state index contributed by atoms with van der Waals surface area (Å²) in [5.41, 5.74) is 8.55. The Morgan fingerprint density at radius 2 is 2.14 bits per heavy atom. The third-order valence-corrected chi connectivity index (χ3v) is 2.90. The first-order chi connectivity index (χ1) is 9.76. The molecule has 0 aliphatic rings. The fourth-order valence-corrected chi connectivity index (χ4v) is 1.88. The van der Waals surface area contributed by atoms with Crippen LogP contribution in [0, 0.1) is 11.3 Å². The Kier molecular flexibility index (Phi) is 4.16. The molecule has 0 unspecified atom stereocenters. The molecule has 6 nitrogen and oxygen atoms in total. The number of hydrogen-bond donors (Lipinski definition) is 2. The minimum Gasteiger partial charge on any atom is -1.00 e. The first kappa shape index (κ1) is 14.5. The normalized spacial score (nSPS) is 9.67. The number of nitrogen functional groups attached to an aromatic ring is 1. The number of rotatable bonds is 2. The van der Waals surface area contributed by atoms with E-state index in [1.165, 1.54) is 0 Å². The number of hydrogen-bond acceptors (Lipinski definition) is 3. The summed E-state index contributed by atoms with van der Waals surface area (Å²) in [5.74, 6) is 0.814. The highest BCUT2D eigenvalue weighted by Gasteiger charge is 2.19. The second kappa shape index (κ2) is 6.03. The van der Waals surface area contributed by atoms with Crippen LogP contribution >= 0.6 is 0 Å². The zero-order chi connectivity index (χ0) is 13.9. The predicted molar refractivity (Wildman–Crippen MR) is 71.2 cm³/mol. The van der Waals surface area contributed by atoms with Crippen molar-refractivity contribution in [3.8, 4) is 23.1 Å². The van der Waals surface area contributed by atoms with Crippen LogP contribution in [-0.4, -0.2) is 10.3 Å². The van der Waals surface area contributed by atoms with Crippen LogP contribution in [0.3, 0.4) is 0 Å². The van der Waals surface area contributed by atoms with Gasteiger partial charge < -0.3 is 18.1 Å². The highest BCUT2D eigenvalue weighted by atomic mass is 35.5. The van der Waals surface area contributed by atoms with Crippen molar-refractivity contribution < 1.29 is 22.1 Å². The van der Waals surface area contributed by atoms with E-state index in [0.29, 0.717) is 11.3 Å². The van der Waals surface area contributed by atoms with Gasteiger partial charge in [-0.1, -0.05) is 6.07 Å². The highest BCUT2D eigenvalue weighted by molar-refractivity contribution is 5.59. The van der Waals surface area contributed by atoms with E-state index in [1.54, 1.807) is 29.1 Å². The molecule has 104 valence electrons. The number of H-pyrrole nitrogens is 2. The van der Waals surface area contributed by atoms with E-state index < -0.39 is 0 Å². The van der Waals surface area contributed by atoms with Gasteiger partial charge in [0.05, 0.1) is 23.4 Å². The summed E-state index contributed by atoms with van der Waals surface area (Å²) in [4.78, 5) is 3.05. The summed E-state index contributed by atoms with van der Waals surface area (Å²) in [6.07, 6.45) is 3.55. The third kappa shape index (κ3) is 2.99. The smallest absolute Gasteiger partial charge is 0.363 e. The third-order valence-electron chi connectivity index (χ3n) is 2.90. The van der Waals surface area contributed by atoms with Gasteiger partial charge in [0.25, 0.3) is 5.69 Å². The minimum absolute atomic E-state index is 0. The van der Waals surface area contributed by atoms with Crippen molar-refractivity contribution in [1.82, 2.24) is 10.3 Å². The van der Waals surface area contributed by atoms with Gasteiger partial charge in [0.1, 0.15) is 11.3 Å². The zero-order valence-electron chi connectivity index (χ0n) is 10.9. The Morgan fingerprint density at radius 1 is 1.29 bits per heavy atom. The molecule has 0 radical (unpaired) electrons. The van der Waals surface area contributed by atoms with E-state index in [0.717, 1.165) is 17.1 Å². The summed E-state index contributed by atoms with van der Waals surface area (Å²) in [7, 11) is 0. The first-order valence-corrected chi connectivity index (χ1v) is 6.01. The molecule has 0 saturated heterocycles. The Balaban J connectivity index is 0.00000161. The van der Waals surface area contributed by atoms with Crippen LogP contribution in [-0.2, 0) is 0 Å². The number of nitriles is 1. The maximum atomic E-state index is 8.92. The molecule has 2 aromatic heterocycles. The zero-order valence-corrected chi connectivity index (χ0v) is 11.7. The van der Waals surface area contributed by atoms with Crippen LogP contribution in [0.4, 0.5) is 5.69 Å². The lowest BCUT2D eigenvalue weighted by Crippen LogP contribution is -3.00. The van der Waals surface area contributed by atoms with Gasteiger partial charge in [-0.05, 0) is 28.9 Å². The van der Waals surface area contributed by atoms with Gasteiger partial charge >= 0.3 is 5.82 Å². The standard InChI is InChI=1S/C14H10N6.ClH/c15-7-10-2-1-3-11(6-10)13-9-20(19-18-13)14-5-4-12(16)8-17-14;/h1-6,8-9H,16H2;1H/p+1.